The van der Waals surface area contributed by atoms with Crippen molar-refractivity contribution in [2.45, 2.75) is 87.5 Å². The molecule has 12 heteroatoms. The number of aliphatic hydroxyl groups excluding tert-OH is 1. The number of aliphatic hydroxyl groups is 1. The second-order valence-electron chi connectivity index (χ2n) is 16.0. The Kier molecular flexibility index (Phi) is 9.24. The van der Waals surface area contributed by atoms with Gasteiger partial charge in [0, 0.05) is 34.9 Å². The highest BCUT2D eigenvalue weighted by atomic mass is 28.4. The van der Waals surface area contributed by atoms with Crippen LogP contribution >= 0.6 is 0 Å². The Morgan fingerprint density at radius 2 is 1.70 bits per heavy atom. The van der Waals surface area contributed by atoms with Gasteiger partial charge in [-0.05, 0) is 87.8 Å². The standard InChI is InChI=1S/C41H50FN5O5Si/c1-28-37(53(2,3)42)35(24-36(49)44-22-10-15-32(44)26-48)52-41(28)33-16-7-8-17-34(33)45(39(41)51)25-29-11-9-14-31(23-29)46-27-47(30-12-5-4-6-13-30)40(38(46)50)18-20-43-21-19-40/h4-9,11-14,16-17,23,28,32,35,37,43,48H,10,15,18-22,24-27H2,1-3H3/t28-,32+,35+,37-,41+/m1/s1. The van der Waals surface area contributed by atoms with Crippen molar-refractivity contribution in [1.29, 1.82) is 0 Å². The maximum Gasteiger partial charge on any atom is 0.264 e. The number of piperidine rings is 1. The summed E-state index contributed by atoms with van der Waals surface area (Å²) in [5.41, 5.74) is 1.37. The molecule has 280 valence electrons. The third kappa shape index (κ3) is 5.80. The molecule has 8 rings (SSSR count). The molecule has 10 nitrogen and oxygen atoms in total. The molecule has 0 unspecified atom stereocenters. The Balaban J connectivity index is 1.09. The van der Waals surface area contributed by atoms with Gasteiger partial charge in [0.25, 0.3) is 11.8 Å². The summed E-state index contributed by atoms with van der Waals surface area (Å²) < 4.78 is 23.2. The summed E-state index contributed by atoms with van der Waals surface area (Å²) in [6.45, 7) is 7.82. The fourth-order valence-electron chi connectivity index (χ4n) is 10.2. The number of fused-ring (bicyclic) bond motifs is 2. The molecule has 3 aromatic carbocycles. The Morgan fingerprint density at radius 3 is 2.43 bits per heavy atom. The molecule has 5 heterocycles. The van der Waals surface area contributed by atoms with Crippen molar-refractivity contribution in [1.82, 2.24) is 10.2 Å². The zero-order chi connectivity index (χ0) is 37.1. The zero-order valence-electron chi connectivity index (χ0n) is 30.8. The van der Waals surface area contributed by atoms with Crippen molar-refractivity contribution >= 4 is 43.2 Å². The van der Waals surface area contributed by atoms with E-state index in [-0.39, 0.29) is 43.3 Å². The molecule has 0 saturated carbocycles. The summed E-state index contributed by atoms with van der Waals surface area (Å²) in [6, 6.07) is 25.3. The first kappa shape index (κ1) is 35.9. The van der Waals surface area contributed by atoms with E-state index in [4.69, 9.17) is 4.74 Å². The van der Waals surface area contributed by atoms with Crippen LogP contribution < -0.4 is 20.0 Å². The third-order valence-corrected chi connectivity index (χ3v) is 15.1. The van der Waals surface area contributed by atoms with Gasteiger partial charge >= 0.3 is 0 Å². The number of benzene rings is 3. The number of nitrogens with one attached hydrogen (secondary N) is 1. The number of anilines is 3. The fourth-order valence-corrected chi connectivity index (χ4v) is 12.7. The van der Waals surface area contributed by atoms with Crippen LogP contribution in [0.4, 0.5) is 21.2 Å². The lowest BCUT2D eigenvalue weighted by Gasteiger charge is -2.39. The molecule has 53 heavy (non-hydrogen) atoms. The first-order valence-corrected chi connectivity index (χ1v) is 22.1. The van der Waals surface area contributed by atoms with E-state index in [2.05, 4.69) is 22.3 Å². The molecule has 5 aliphatic heterocycles. The van der Waals surface area contributed by atoms with Crippen LogP contribution in [0.3, 0.4) is 0 Å². The summed E-state index contributed by atoms with van der Waals surface area (Å²) in [5, 5.41) is 13.3. The number of rotatable bonds is 8. The van der Waals surface area contributed by atoms with E-state index < -0.39 is 37.1 Å². The SMILES string of the molecule is C[C@@H]1[C@@H]([Si](C)(C)F)[C@H](CC(=O)N2CCC[C@H]2CO)O[C@@]12C(=O)N(Cc1cccc(N3CN(c4ccccc4)C4(CCNCC4)C3=O)c1)c1ccccc12. The molecule has 0 aromatic heterocycles. The Hall–Kier alpha value is -4.10. The van der Waals surface area contributed by atoms with Gasteiger partial charge in [0.1, 0.15) is 5.54 Å². The fraction of sp³-hybridized carbons (Fsp3) is 0.488. The lowest BCUT2D eigenvalue weighted by Crippen LogP contribution is -2.55. The van der Waals surface area contributed by atoms with Crippen LogP contribution in [0, 0.1) is 5.92 Å². The van der Waals surface area contributed by atoms with E-state index in [9.17, 15) is 19.5 Å². The number of carbonyl (C=O) groups is 3. The summed E-state index contributed by atoms with van der Waals surface area (Å²) in [5.74, 6) is -0.861. The van der Waals surface area contributed by atoms with Crippen molar-refractivity contribution in [2.24, 2.45) is 5.92 Å². The highest BCUT2D eigenvalue weighted by Crippen LogP contribution is 2.60. The third-order valence-electron chi connectivity index (χ3n) is 12.7. The van der Waals surface area contributed by atoms with E-state index in [0.717, 1.165) is 42.9 Å². The second-order valence-corrected chi connectivity index (χ2v) is 19.8. The van der Waals surface area contributed by atoms with Crippen molar-refractivity contribution in [3.8, 4) is 0 Å². The molecule has 3 aromatic rings. The number of ether oxygens (including phenoxy) is 1. The van der Waals surface area contributed by atoms with Crippen LogP contribution in [0.15, 0.2) is 78.9 Å². The number of halogens is 1. The number of hydrogen-bond acceptors (Lipinski definition) is 7. The summed E-state index contributed by atoms with van der Waals surface area (Å²) in [4.78, 5) is 50.5. The quantitative estimate of drug-likeness (QED) is 0.238. The summed E-state index contributed by atoms with van der Waals surface area (Å²) >= 11 is 0. The number of para-hydroxylation sites is 2. The predicted octanol–water partition coefficient (Wildman–Crippen LogP) is 5.31. The maximum atomic E-state index is 16.4. The van der Waals surface area contributed by atoms with E-state index in [1.54, 1.807) is 22.9 Å². The Bertz CT molecular complexity index is 1890. The molecule has 0 aliphatic carbocycles. The van der Waals surface area contributed by atoms with Gasteiger partial charge < -0.3 is 34.0 Å². The van der Waals surface area contributed by atoms with E-state index in [1.807, 2.05) is 78.6 Å². The first-order chi connectivity index (χ1) is 25.5. The molecule has 5 atom stereocenters. The Morgan fingerprint density at radius 1 is 0.981 bits per heavy atom. The molecule has 0 radical (unpaired) electrons. The van der Waals surface area contributed by atoms with Crippen LogP contribution in [-0.4, -0.2) is 86.7 Å². The van der Waals surface area contributed by atoms with Gasteiger partial charge in [-0.15, -0.1) is 0 Å². The Labute approximate surface area is 312 Å². The van der Waals surface area contributed by atoms with Crippen molar-refractivity contribution in [2.75, 3.05) is 47.6 Å². The minimum Gasteiger partial charge on any atom is -0.394 e. The van der Waals surface area contributed by atoms with Gasteiger partial charge in [-0.2, -0.15) is 0 Å². The predicted molar refractivity (Wildman–Crippen MR) is 205 cm³/mol. The van der Waals surface area contributed by atoms with E-state index >= 15 is 4.11 Å². The normalized spacial score (nSPS) is 28.2. The van der Waals surface area contributed by atoms with Gasteiger partial charge in [-0.3, -0.25) is 19.3 Å². The van der Waals surface area contributed by atoms with Crippen molar-refractivity contribution in [3.63, 3.8) is 0 Å². The van der Waals surface area contributed by atoms with Gasteiger partial charge in [-0.1, -0.05) is 55.5 Å². The van der Waals surface area contributed by atoms with Crippen LogP contribution in [-0.2, 0) is 31.3 Å². The molecule has 5 aliphatic rings. The number of hydrogen-bond donors (Lipinski definition) is 2. The highest BCUT2D eigenvalue weighted by Gasteiger charge is 2.67. The van der Waals surface area contributed by atoms with E-state index in [1.165, 1.54) is 0 Å². The monoisotopic (exact) mass is 739 g/mol. The minimum absolute atomic E-state index is 0.0352. The molecule has 4 saturated heterocycles. The number of carbonyl (C=O) groups excluding carboxylic acids is 3. The molecular weight excluding hydrogens is 690 g/mol. The maximum absolute atomic E-state index is 16.4. The lowest BCUT2D eigenvalue weighted by atomic mass is 9.82. The van der Waals surface area contributed by atoms with Gasteiger partial charge in [0.05, 0.1) is 44.1 Å². The first-order valence-electron chi connectivity index (χ1n) is 19.1. The van der Waals surface area contributed by atoms with Crippen molar-refractivity contribution in [3.05, 3.63) is 90.0 Å². The van der Waals surface area contributed by atoms with E-state index in [0.29, 0.717) is 37.3 Å². The van der Waals surface area contributed by atoms with Gasteiger partial charge in [0.2, 0.25) is 14.3 Å². The van der Waals surface area contributed by atoms with Crippen LogP contribution in [0.1, 0.15) is 50.2 Å². The molecule has 2 spiro atoms. The van der Waals surface area contributed by atoms with Crippen LogP contribution in [0.25, 0.3) is 0 Å². The zero-order valence-corrected chi connectivity index (χ0v) is 31.8. The van der Waals surface area contributed by atoms with Crippen LogP contribution in [0.5, 0.6) is 0 Å². The molecule has 0 bridgehead atoms. The largest absolute Gasteiger partial charge is 0.394 e. The average Bonchev–Trinajstić information content (AvgIpc) is 3.89. The summed E-state index contributed by atoms with van der Waals surface area (Å²) in [7, 11) is -3.46. The van der Waals surface area contributed by atoms with Gasteiger partial charge in [0.15, 0.2) is 5.60 Å². The van der Waals surface area contributed by atoms with Gasteiger partial charge in [-0.25, -0.2) is 0 Å². The second kappa shape index (κ2) is 13.6. The number of nitrogens with zero attached hydrogens (tertiary/aromatic N) is 4. The molecule has 3 amide bonds. The van der Waals surface area contributed by atoms with Crippen LogP contribution in [0.2, 0.25) is 18.6 Å². The topological polar surface area (TPSA) is 106 Å². The van der Waals surface area contributed by atoms with Crippen molar-refractivity contribution < 1.29 is 28.3 Å². The summed E-state index contributed by atoms with van der Waals surface area (Å²) in [6.07, 6.45) is 2.16. The molecular formula is C41H50FN5O5Si. The minimum atomic E-state index is -3.46. The smallest absolute Gasteiger partial charge is 0.264 e. The molecule has 4 fully saturated rings. The molecule has 2 N–H and O–H groups in total. The number of likely N-dealkylation sites (tertiary alicyclic amines) is 1. The lowest BCUT2D eigenvalue weighted by molar-refractivity contribution is -0.150. The average molecular weight is 740 g/mol. The number of amides is 3. The highest BCUT2D eigenvalue weighted by molar-refractivity contribution is 6.72.